The number of carboxylic acids is 1. The first-order chi connectivity index (χ1) is 7.09. The van der Waals surface area contributed by atoms with Crippen LogP contribution in [0.15, 0.2) is 0 Å². The van der Waals surface area contributed by atoms with Crippen molar-refractivity contribution in [2.75, 3.05) is 13.1 Å². The van der Waals surface area contributed by atoms with Crippen molar-refractivity contribution in [3.05, 3.63) is 0 Å². The third-order valence-corrected chi connectivity index (χ3v) is 2.61. The minimum atomic E-state index is -0.821. The van der Waals surface area contributed by atoms with Gasteiger partial charge in [-0.15, -0.1) is 0 Å². The smallest absolute Gasteiger partial charge is 0.303 e. The summed E-state index contributed by atoms with van der Waals surface area (Å²) in [5, 5.41) is 14.4. The predicted molar refractivity (Wildman–Crippen MR) is 55.5 cm³/mol. The van der Waals surface area contributed by atoms with Crippen molar-refractivity contribution in [3.63, 3.8) is 0 Å². The van der Waals surface area contributed by atoms with Crippen LogP contribution in [0.4, 0.5) is 0 Å². The lowest BCUT2D eigenvalue weighted by Gasteiger charge is -2.15. The second-order valence-corrected chi connectivity index (χ2v) is 4.03. The van der Waals surface area contributed by atoms with Crippen LogP contribution >= 0.6 is 0 Å². The lowest BCUT2D eigenvalue weighted by atomic mass is 10.1. The Labute approximate surface area is 89.2 Å². The van der Waals surface area contributed by atoms with E-state index in [1.165, 1.54) is 0 Å². The van der Waals surface area contributed by atoms with Crippen LogP contribution in [-0.4, -0.2) is 36.1 Å². The number of amides is 1. The molecule has 1 aliphatic rings. The quantitative estimate of drug-likeness (QED) is 0.600. The van der Waals surface area contributed by atoms with Gasteiger partial charge in [-0.3, -0.25) is 9.59 Å². The SMILES string of the molecule is CC(CCC(=O)O)NC(=O)C1CCNC1. The van der Waals surface area contributed by atoms with Crippen LogP contribution < -0.4 is 10.6 Å². The van der Waals surface area contributed by atoms with E-state index in [9.17, 15) is 9.59 Å². The van der Waals surface area contributed by atoms with Crippen molar-refractivity contribution < 1.29 is 14.7 Å². The van der Waals surface area contributed by atoms with Crippen LogP contribution in [0.25, 0.3) is 0 Å². The lowest BCUT2D eigenvalue weighted by molar-refractivity contribution is -0.137. The van der Waals surface area contributed by atoms with Crippen LogP contribution in [0.3, 0.4) is 0 Å². The van der Waals surface area contributed by atoms with E-state index in [4.69, 9.17) is 5.11 Å². The van der Waals surface area contributed by atoms with Crippen molar-refractivity contribution in [2.24, 2.45) is 5.92 Å². The Morgan fingerprint density at radius 3 is 2.87 bits per heavy atom. The van der Waals surface area contributed by atoms with Gasteiger partial charge >= 0.3 is 5.97 Å². The van der Waals surface area contributed by atoms with E-state index in [1.54, 1.807) is 0 Å². The van der Waals surface area contributed by atoms with Gasteiger partial charge in [-0.25, -0.2) is 0 Å². The summed E-state index contributed by atoms with van der Waals surface area (Å²) in [5.41, 5.74) is 0. The summed E-state index contributed by atoms with van der Waals surface area (Å²) in [6.45, 7) is 3.46. The molecule has 2 atom stereocenters. The third kappa shape index (κ3) is 4.29. The number of hydrogen-bond donors (Lipinski definition) is 3. The van der Waals surface area contributed by atoms with E-state index < -0.39 is 5.97 Å². The summed E-state index contributed by atoms with van der Waals surface area (Å²) in [5.74, 6) is -0.728. The Morgan fingerprint density at radius 2 is 2.33 bits per heavy atom. The number of nitrogens with one attached hydrogen (secondary N) is 2. The molecule has 0 aliphatic carbocycles. The van der Waals surface area contributed by atoms with Crippen molar-refractivity contribution in [1.82, 2.24) is 10.6 Å². The molecule has 0 spiro atoms. The van der Waals surface area contributed by atoms with E-state index in [0.717, 1.165) is 19.5 Å². The number of carbonyl (C=O) groups is 2. The Hall–Kier alpha value is -1.10. The molecule has 2 unspecified atom stereocenters. The molecule has 1 saturated heterocycles. The highest BCUT2D eigenvalue weighted by molar-refractivity contribution is 5.79. The molecule has 15 heavy (non-hydrogen) atoms. The average molecular weight is 214 g/mol. The first-order valence-electron chi connectivity index (χ1n) is 5.32. The minimum absolute atomic E-state index is 0.0397. The third-order valence-electron chi connectivity index (χ3n) is 2.61. The van der Waals surface area contributed by atoms with Crippen molar-refractivity contribution in [3.8, 4) is 0 Å². The summed E-state index contributed by atoms with van der Waals surface area (Å²) >= 11 is 0. The van der Waals surface area contributed by atoms with E-state index in [-0.39, 0.29) is 24.3 Å². The summed E-state index contributed by atoms with van der Waals surface area (Å²) in [4.78, 5) is 21.9. The molecule has 1 fully saturated rings. The molecule has 0 aromatic rings. The normalized spacial score (nSPS) is 22.3. The standard InChI is InChI=1S/C10H18N2O3/c1-7(2-3-9(13)14)12-10(15)8-4-5-11-6-8/h7-8,11H,2-6H2,1H3,(H,12,15)(H,13,14). The Kier molecular flexibility index (Phi) is 4.55. The monoisotopic (exact) mass is 214 g/mol. The molecule has 1 rings (SSSR count). The highest BCUT2D eigenvalue weighted by Crippen LogP contribution is 2.08. The molecule has 5 nitrogen and oxygen atoms in total. The molecule has 0 bridgehead atoms. The van der Waals surface area contributed by atoms with Gasteiger partial charge < -0.3 is 15.7 Å². The van der Waals surface area contributed by atoms with E-state index >= 15 is 0 Å². The number of rotatable bonds is 5. The summed E-state index contributed by atoms with van der Waals surface area (Å²) in [7, 11) is 0. The fraction of sp³-hybridized carbons (Fsp3) is 0.800. The molecule has 1 amide bonds. The zero-order valence-electron chi connectivity index (χ0n) is 8.95. The van der Waals surface area contributed by atoms with Crippen molar-refractivity contribution >= 4 is 11.9 Å². The second-order valence-electron chi connectivity index (χ2n) is 4.03. The van der Waals surface area contributed by atoms with Crippen LogP contribution in [0.1, 0.15) is 26.2 Å². The Morgan fingerprint density at radius 1 is 1.60 bits per heavy atom. The molecule has 0 radical (unpaired) electrons. The second kappa shape index (κ2) is 5.70. The van der Waals surface area contributed by atoms with Crippen molar-refractivity contribution in [1.29, 1.82) is 0 Å². The molecule has 1 heterocycles. The summed E-state index contributed by atoms with van der Waals surface area (Å²) < 4.78 is 0. The van der Waals surface area contributed by atoms with Crippen LogP contribution in [0.2, 0.25) is 0 Å². The van der Waals surface area contributed by atoms with Gasteiger partial charge in [0.1, 0.15) is 0 Å². The van der Waals surface area contributed by atoms with E-state index in [2.05, 4.69) is 10.6 Å². The summed E-state index contributed by atoms with van der Waals surface area (Å²) in [6.07, 6.45) is 1.46. The number of carbonyl (C=O) groups excluding carboxylic acids is 1. The minimum Gasteiger partial charge on any atom is -0.481 e. The molecule has 0 aromatic carbocycles. The largest absolute Gasteiger partial charge is 0.481 e. The van der Waals surface area contributed by atoms with Gasteiger partial charge in [0.2, 0.25) is 5.91 Å². The van der Waals surface area contributed by atoms with Gasteiger partial charge in [0.15, 0.2) is 0 Å². The van der Waals surface area contributed by atoms with Crippen LogP contribution in [0.5, 0.6) is 0 Å². The molecule has 3 N–H and O–H groups in total. The van der Waals surface area contributed by atoms with Gasteiger partial charge in [-0.1, -0.05) is 0 Å². The Balaban J connectivity index is 2.21. The van der Waals surface area contributed by atoms with Crippen LogP contribution in [0, 0.1) is 5.92 Å². The zero-order valence-corrected chi connectivity index (χ0v) is 8.95. The van der Waals surface area contributed by atoms with Crippen molar-refractivity contribution in [2.45, 2.75) is 32.2 Å². The molecular weight excluding hydrogens is 196 g/mol. The molecule has 5 heteroatoms. The number of hydrogen-bond acceptors (Lipinski definition) is 3. The highest BCUT2D eigenvalue weighted by Gasteiger charge is 2.23. The van der Waals surface area contributed by atoms with Crippen LogP contribution in [-0.2, 0) is 9.59 Å². The molecule has 0 aromatic heterocycles. The Bertz CT molecular complexity index is 237. The maximum atomic E-state index is 11.6. The van der Waals surface area contributed by atoms with Gasteiger partial charge in [-0.05, 0) is 26.3 Å². The fourth-order valence-electron chi connectivity index (χ4n) is 1.65. The first-order valence-corrected chi connectivity index (χ1v) is 5.32. The maximum absolute atomic E-state index is 11.6. The average Bonchev–Trinajstić information content (AvgIpc) is 2.67. The highest BCUT2D eigenvalue weighted by atomic mass is 16.4. The fourth-order valence-corrected chi connectivity index (χ4v) is 1.65. The lowest BCUT2D eigenvalue weighted by Crippen LogP contribution is -2.38. The summed E-state index contributed by atoms with van der Waals surface area (Å²) in [6, 6.07) is -0.0609. The molecule has 1 aliphatic heterocycles. The first kappa shape index (κ1) is 12.0. The number of carboxylic acid groups (broad SMARTS) is 1. The maximum Gasteiger partial charge on any atom is 0.303 e. The number of aliphatic carboxylic acids is 1. The molecule has 86 valence electrons. The molecule has 0 saturated carbocycles. The van der Waals surface area contributed by atoms with E-state index in [0.29, 0.717) is 6.42 Å². The van der Waals surface area contributed by atoms with Gasteiger partial charge in [-0.2, -0.15) is 0 Å². The van der Waals surface area contributed by atoms with Gasteiger partial charge in [0.25, 0.3) is 0 Å². The van der Waals surface area contributed by atoms with Gasteiger partial charge in [0, 0.05) is 19.0 Å². The molecular formula is C10H18N2O3. The van der Waals surface area contributed by atoms with Gasteiger partial charge in [0.05, 0.1) is 5.92 Å². The predicted octanol–water partition coefficient (Wildman–Crippen LogP) is -0.0346. The van der Waals surface area contributed by atoms with E-state index in [1.807, 2.05) is 6.92 Å². The topological polar surface area (TPSA) is 78.4 Å². The zero-order chi connectivity index (χ0) is 11.3.